The van der Waals surface area contributed by atoms with Gasteiger partial charge in [0.1, 0.15) is 5.75 Å². The molecule has 0 fully saturated rings. The van der Waals surface area contributed by atoms with Crippen LogP contribution in [0.3, 0.4) is 0 Å². The number of hydrogen-bond donors (Lipinski definition) is 1. The highest BCUT2D eigenvalue weighted by molar-refractivity contribution is 5.89. The number of urea groups is 1. The van der Waals surface area contributed by atoms with E-state index in [0.29, 0.717) is 0 Å². The van der Waals surface area contributed by atoms with Crippen LogP contribution in [0.25, 0.3) is 0 Å². The lowest BCUT2D eigenvalue weighted by Crippen LogP contribution is -2.45. The quantitative estimate of drug-likeness (QED) is 0.856. The summed E-state index contributed by atoms with van der Waals surface area (Å²) in [6.07, 6.45) is -15.3. The van der Waals surface area contributed by atoms with Crippen molar-refractivity contribution in [3.63, 3.8) is 0 Å². The molecular weight excluding hydrogens is 318 g/mol. The molecule has 0 heterocycles. The number of rotatable bonds is 4. The molecule has 1 N–H and O–H groups in total. The predicted molar refractivity (Wildman–Crippen MR) is 65.7 cm³/mol. The summed E-state index contributed by atoms with van der Waals surface area (Å²) in [6.45, 7) is 0. The molecule has 4 nitrogen and oxygen atoms in total. The number of halogens is 6. The molecule has 0 aromatic heterocycles. The Bertz CT molecular complexity index is 533. The van der Waals surface area contributed by atoms with Gasteiger partial charge in [-0.3, -0.25) is 0 Å². The van der Waals surface area contributed by atoms with Crippen LogP contribution in [0, 0.1) is 0 Å². The Morgan fingerprint density at radius 2 is 1.82 bits per heavy atom. The number of carbonyl (C=O) groups excluding carboxylic acids is 1. The Hall–Kier alpha value is -2.13. The van der Waals surface area contributed by atoms with Gasteiger partial charge in [-0.15, -0.1) is 0 Å². The van der Waals surface area contributed by atoms with E-state index in [1.165, 1.54) is 20.2 Å². The normalized spacial score (nSPS) is 13.5. The molecule has 0 aliphatic rings. The molecule has 0 saturated heterocycles. The van der Waals surface area contributed by atoms with Crippen LogP contribution in [0.5, 0.6) is 5.75 Å². The van der Waals surface area contributed by atoms with Crippen LogP contribution in [0.15, 0.2) is 24.3 Å². The van der Waals surface area contributed by atoms with Crippen molar-refractivity contribution >= 4 is 11.7 Å². The Morgan fingerprint density at radius 1 is 1.23 bits per heavy atom. The van der Waals surface area contributed by atoms with Gasteiger partial charge in [0, 0.05) is 25.8 Å². The van der Waals surface area contributed by atoms with E-state index in [-0.39, 0.29) is 5.69 Å². The fourth-order valence-corrected chi connectivity index (χ4v) is 1.27. The standard InChI is InChI=1S/C12H12F6N2O2/c1-20(2)10(21)19-7-4-3-5-8(6-7)22-12(17,18)9(13)11(14,15)16/h3-6,9H,1-2H3,(H,19,21). The molecule has 2 amide bonds. The predicted octanol–water partition coefficient (Wildman–Crippen LogP) is 3.65. The zero-order valence-corrected chi connectivity index (χ0v) is 11.4. The van der Waals surface area contributed by atoms with E-state index in [9.17, 15) is 31.1 Å². The SMILES string of the molecule is CN(C)C(=O)Nc1cccc(OC(F)(F)C(F)C(F)(F)F)c1. The van der Waals surface area contributed by atoms with Crippen molar-refractivity contribution in [3.8, 4) is 5.75 Å². The van der Waals surface area contributed by atoms with Crippen LogP contribution in [0.4, 0.5) is 36.8 Å². The molecule has 0 spiro atoms. The molecule has 1 unspecified atom stereocenters. The van der Waals surface area contributed by atoms with E-state index in [1.807, 2.05) is 0 Å². The zero-order chi connectivity index (χ0) is 17.1. The highest BCUT2D eigenvalue weighted by Gasteiger charge is 2.59. The first-order chi connectivity index (χ1) is 9.93. The maximum absolute atomic E-state index is 13.1. The lowest BCUT2D eigenvalue weighted by Gasteiger charge is -2.23. The molecule has 0 radical (unpaired) electrons. The van der Waals surface area contributed by atoms with Crippen LogP contribution < -0.4 is 10.1 Å². The maximum atomic E-state index is 13.1. The lowest BCUT2D eigenvalue weighted by molar-refractivity contribution is -0.304. The molecular formula is C12H12F6N2O2. The van der Waals surface area contributed by atoms with Crippen molar-refractivity contribution in [1.82, 2.24) is 4.90 Å². The van der Waals surface area contributed by atoms with Gasteiger partial charge in [-0.2, -0.15) is 22.0 Å². The minimum atomic E-state index is -5.76. The smallest absolute Gasteiger partial charge is 0.430 e. The number of carbonyl (C=O) groups is 1. The third-order valence-electron chi connectivity index (χ3n) is 2.33. The van der Waals surface area contributed by atoms with Crippen LogP contribution in [-0.4, -0.2) is 43.5 Å². The molecule has 1 atom stereocenters. The number of ether oxygens (including phenoxy) is 1. The van der Waals surface area contributed by atoms with Crippen molar-refractivity contribution in [1.29, 1.82) is 0 Å². The number of anilines is 1. The molecule has 0 aliphatic carbocycles. The van der Waals surface area contributed by atoms with Gasteiger partial charge in [0.25, 0.3) is 6.17 Å². The third kappa shape index (κ3) is 4.71. The highest BCUT2D eigenvalue weighted by Crippen LogP contribution is 2.36. The molecule has 0 aliphatic heterocycles. The van der Waals surface area contributed by atoms with E-state index < -0.39 is 30.2 Å². The zero-order valence-electron chi connectivity index (χ0n) is 11.4. The first-order valence-electron chi connectivity index (χ1n) is 5.79. The van der Waals surface area contributed by atoms with Crippen molar-refractivity contribution in [2.24, 2.45) is 0 Å². The first kappa shape index (κ1) is 17.9. The third-order valence-corrected chi connectivity index (χ3v) is 2.33. The molecule has 1 rings (SSSR count). The summed E-state index contributed by atoms with van der Waals surface area (Å²) >= 11 is 0. The second-order valence-electron chi connectivity index (χ2n) is 4.42. The summed E-state index contributed by atoms with van der Waals surface area (Å²) in [4.78, 5) is 12.5. The second-order valence-corrected chi connectivity index (χ2v) is 4.42. The minimum Gasteiger partial charge on any atom is -0.430 e. The van der Waals surface area contributed by atoms with E-state index in [2.05, 4.69) is 10.1 Å². The largest absolute Gasteiger partial charge is 0.439 e. The van der Waals surface area contributed by atoms with Crippen molar-refractivity contribution in [3.05, 3.63) is 24.3 Å². The number of hydrogen-bond acceptors (Lipinski definition) is 2. The number of nitrogens with one attached hydrogen (secondary N) is 1. The highest BCUT2D eigenvalue weighted by atomic mass is 19.4. The van der Waals surface area contributed by atoms with Gasteiger partial charge < -0.3 is 15.0 Å². The van der Waals surface area contributed by atoms with Crippen LogP contribution >= 0.6 is 0 Å². The van der Waals surface area contributed by atoms with Gasteiger partial charge in [-0.1, -0.05) is 6.07 Å². The minimum absolute atomic E-state index is 0.00517. The number of benzene rings is 1. The Kier molecular flexibility index (Phi) is 5.15. The summed E-state index contributed by atoms with van der Waals surface area (Å²) in [6, 6.07) is 3.60. The summed E-state index contributed by atoms with van der Waals surface area (Å²) in [7, 11) is 2.84. The van der Waals surface area contributed by atoms with Gasteiger partial charge in [0.2, 0.25) is 0 Å². The van der Waals surface area contributed by atoms with Crippen molar-refractivity contribution < 1.29 is 35.9 Å². The fourth-order valence-electron chi connectivity index (χ4n) is 1.27. The van der Waals surface area contributed by atoms with E-state index in [1.54, 1.807) is 0 Å². The maximum Gasteiger partial charge on any atom is 0.439 e. The molecule has 0 saturated carbocycles. The van der Waals surface area contributed by atoms with Crippen LogP contribution in [-0.2, 0) is 0 Å². The molecule has 22 heavy (non-hydrogen) atoms. The van der Waals surface area contributed by atoms with Crippen molar-refractivity contribution in [2.45, 2.75) is 18.5 Å². The first-order valence-corrected chi connectivity index (χ1v) is 5.79. The number of amides is 2. The Labute approximate surface area is 121 Å². The molecule has 1 aromatic carbocycles. The van der Waals surface area contributed by atoms with Gasteiger partial charge in [0.15, 0.2) is 0 Å². The Balaban J connectivity index is 2.88. The van der Waals surface area contributed by atoms with E-state index >= 15 is 0 Å². The average molecular weight is 330 g/mol. The molecule has 124 valence electrons. The second kappa shape index (κ2) is 6.32. The summed E-state index contributed by atoms with van der Waals surface area (Å²) in [5.74, 6) is -0.728. The molecule has 0 bridgehead atoms. The monoisotopic (exact) mass is 330 g/mol. The van der Waals surface area contributed by atoms with Crippen molar-refractivity contribution in [2.75, 3.05) is 19.4 Å². The topological polar surface area (TPSA) is 41.6 Å². The average Bonchev–Trinajstić information content (AvgIpc) is 2.36. The van der Waals surface area contributed by atoms with Gasteiger partial charge in [0.05, 0.1) is 0 Å². The van der Waals surface area contributed by atoms with Crippen LogP contribution in [0.2, 0.25) is 0 Å². The van der Waals surface area contributed by atoms with E-state index in [4.69, 9.17) is 0 Å². The van der Waals surface area contributed by atoms with Gasteiger partial charge in [-0.05, 0) is 12.1 Å². The summed E-state index contributed by atoms with van der Waals surface area (Å²) in [5.41, 5.74) is -0.00517. The summed E-state index contributed by atoms with van der Waals surface area (Å²) < 4.78 is 78.7. The summed E-state index contributed by atoms with van der Waals surface area (Å²) in [5, 5.41) is 2.27. The lowest BCUT2D eigenvalue weighted by atomic mass is 10.3. The van der Waals surface area contributed by atoms with Gasteiger partial charge in [-0.25, -0.2) is 9.18 Å². The fraction of sp³-hybridized carbons (Fsp3) is 0.417. The number of alkyl halides is 6. The van der Waals surface area contributed by atoms with E-state index in [0.717, 1.165) is 23.1 Å². The van der Waals surface area contributed by atoms with Crippen LogP contribution in [0.1, 0.15) is 0 Å². The Morgan fingerprint density at radius 3 is 2.32 bits per heavy atom. The number of nitrogens with zero attached hydrogens (tertiary/aromatic N) is 1. The molecule has 10 heteroatoms. The molecule has 1 aromatic rings. The van der Waals surface area contributed by atoms with Gasteiger partial charge >= 0.3 is 18.3 Å².